The summed E-state index contributed by atoms with van der Waals surface area (Å²) < 4.78 is 19.6. The molecule has 0 amide bonds. The Kier molecular flexibility index (Phi) is 8.85. The number of hydrogen-bond donors (Lipinski definition) is 2. The minimum Gasteiger partial charge on any atom is -0.375 e. The topological polar surface area (TPSA) is 77.9 Å². The molecule has 32 heavy (non-hydrogen) atoms. The van der Waals surface area contributed by atoms with Crippen molar-refractivity contribution in [1.29, 1.82) is 0 Å². The Labute approximate surface area is 205 Å². The van der Waals surface area contributed by atoms with Gasteiger partial charge < -0.3 is 25.2 Å². The molecule has 2 aromatic rings. The Morgan fingerprint density at radius 1 is 1.22 bits per heavy atom. The lowest BCUT2D eigenvalue weighted by molar-refractivity contribution is 0.0529. The van der Waals surface area contributed by atoms with Crippen LogP contribution in [0.25, 0.3) is 0 Å². The van der Waals surface area contributed by atoms with Crippen molar-refractivity contribution in [1.82, 2.24) is 20.6 Å². The third kappa shape index (κ3) is 6.18. The summed E-state index contributed by atoms with van der Waals surface area (Å²) in [5, 5.41) is 6.82. The van der Waals surface area contributed by atoms with Crippen LogP contribution < -0.4 is 20.4 Å². The molecule has 0 aliphatic carbocycles. The molecule has 4 heterocycles. The molecule has 8 nitrogen and oxygen atoms in total. The first-order chi connectivity index (χ1) is 15.1. The molecule has 10 heteroatoms. The molecule has 2 saturated heterocycles. The summed E-state index contributed by atoms with van der Waals surface area (Å²) in [5.41, 5.74) is 1.13. The normalized spacial score (nSPS) is 21.3. The molecular formula is C22H31FIN7O. The van der Waals surface area contributed by atoms with E-state index in [0.717, 1.165) is 50.0 Å². The van der Waals surface area contributed by atoms with Crippen LogP contribution >= 0.6 is 24.0 Å². The SMILES string of the molecule is CN=C(NCc1ccnc(N2CCOC(C)C2)c1)NC1CCN(c2ncccc2F)C1.I. The minimum absolute atomic E-state index is 0. The van der Waals surface area contributed by atoms with Crippen molar-refractivity contribution in [2.45, 2.75) is 32.0 Å². The monoisotopic (exact) mass is 555 g/mol. The summed E-state index contributed by atoms with van der Waals surface area (Å²) in [6, 6.07) is 7.36. The second-order valence-corrected chi connectivity index (χ2v) is 7.96. The summed E-state index contributed by atoms with van der Waals surface area (Å²) in [6.07, 6.45) is 4.58. The van der Waals surface area contributed by atoms with E-state index in [-0.39, 0.29) is 41.9 Å². The zero-order chi connectivity index (χ0) is 21.6. The number of morpholine rings is 1. The van der Waals surface area contributed by atoms with Crippen LogP contribution in [-0.4, -0.2) is 67.9 Å². The number of hydrogen-bond acceptors (Lipinski definition) is 6. The Bertz CT molecular complexity index is 915. The van der Waals surface area contributed by atoms with Gasteiger partial charge >= 0.3 is 0 Å². The lowest BCUT2D eigenvalue weighted by atomic mass is 10.2. The van der Waals surface area contributed by atoms with Gasteiger partial charge in [-0.3, -0.25) is 4.99 Å². The zero-order valence-corrected chi connectivity index (χ0v) is 20.8. The second-order valence-electron chi connectivity index (χ2n) is 7.96. The fraction of sp³-hybridized carbons (Fsp3) is 0.500. The molecule has 2 atom stereocenters. The fourth-order valence-electron chi connectivity index (χ4n) is 4.02. The van der Waals surface area contributed by atoms with Gasteiger partial charge in [0.25, 0.3) is 0 Å². The Morgan fingerprint density at radius 2 is 2.09 bits per heavy atom. The van der Waals surface area contributed by atoms with Crippen LogP contribution in [0.5, 0.6) is 0 Å². The maximum absolute atomic E-state index is 14.0. The van der Waals surface area contributed by atoms with Gasteiger partial charge in [0.05, 0.1) is 12.7 Å². The van der Waals surface area contributed by atoms with E-state index in [1.54, 1.807) is 19.3 Å². The molecule has 0 bridgehead atoms. The smallest absolute Gasteiger partial charge is 0.191 e. The van der Waals surface area contributed by atoms with Crippen LogP contribution in [-0.2, 0) is 11.3 Å². The first-order valence-corrected chi connectivity index (χ1v) is 10.8. The maximum atomic E-state index is 14.0. The molecule has 0 saturated carbocycles. The largest absolute Gasteiger partial charge is 0.375 e. The van der Waals surface area contributed by atoms with Gasteiger partial charge in [0.1, 0.15) is 5.82 Å². The molecule has 4 rings (SSSR count). The number of ether oxygens (including phenoxy) is 1. The number of aliphatic imine (C=N–C) groups is 1. The summed E-state index contributed by atoms with van der Waals surface area (Å²) in [5.74, 6) is 1.83. The average molecular weight is 555 g/mol. The van der Waals surface area contributed by atoms with Gasteiger partial charge in [-0.25, -0.2) is 14.4 Å². The Morgan fingerprint density at radius 3 is 2.88 bits per heavy atom. The number of aromatic nitrogens is 2. The van der Waals surface area contributed by atoms with Crippen LogP contribution in [0.15, 0.2) is 41.7 Å². The number of pyridine rings is 2. The third-order valence-electron chi connectivity index (χ3n) is 5.63. The van der Waals surface area contributed by atoms with Gasteiger partial charge in [0.15, 0.2) is 17.6 Å². The standard InChI is InChI=1S/C22H30FN7O.HI/c1-16-14-29(10-11-31-16)20-12-17(5-8-25-20)13-27-22(24-2)28-18-6-9-30(15-18)21-19(23)4-3-7-26-21;/h3-5,7-8,12,16,18H,6,9-11,13-15H2,1-2H3,(H2,24,27,28);1H. The molecular weight excluding hydrogens is 524 g/mol. The van der Waals surface area contributed by atoms with Gasteiger partial charge in [0, 0.05) is 58.2 Å². The number of nitrogens with zero attached hydrogens (tertiary/aromatic N) is 5. The fourth-order valence-corrected chi connectivity index (χ4v) is 4.02. The van der Waals surface area contributed by atoms with Crippen LogP contribution in [0.3, 0.4) is 0 Å². The lowest BCUT2D eigenvalue weighted by Gasteiger charge is -2.32. The molecule has 0 aromatic carbocycles. The van der Waals surface area contributed by atoms with Crippen molar-refractivity contribution in [3.8, 4) is 0 Å². The Hall–Kier alpha value is -2.21. The first-order valence-electron chi connectivity index (χ1n) is 10.8. The molecule has 174 valence electrons. The quantitative estimate of drug-likeness (QED) is 0.334. The highest BCUT2D eigenvalue weighted by Crippen LogP contribution is 2.21. The molecule has 0 spiro atoms. The molecule has 0 radical (unpaired) electrons. The highest BCUT2D eigenvalue weighted by molar-refractivity contribution is 14.0. The van der Waals surface area contributed by atoms with Gasteiger partial charge in [-0.15, -0.1) is 24.0 Å². The summed E-state index contributed by atoms with van der Waals surface area (Å²) in [7, 11) is 1.76. The van der Waals surface area contributed by atoms with E-state index in [1.807, 2.05) is 17.2 Å². The van der Waals surface area contributed by atoms with Gasteiger partial charge in [0.2, 0.25) is 0 Å². The van der Waals surface area contributed by atoms with Crippen LogP contribution in [0.1, 0.15) is 18.9 Å². The van der Waals surface area contributed by atoms with E-state index in [0.29, 0.717) is 18.9 Å². The van der Waals surface area contributed by atoms with Gasteiger partial charge in [-0.1, -0.05) is 0 Å². The molecule has 2 unspecified atom stereocenters. The molecule has 2 aliphatic rings. The minimum atomic E-state index is -0.284. The van der Waals surface area contributed by atoms with Crippen LogP contribution in [0.2, 0.25) is 0 Å². The van der Waals surface area contributed by atoms with E-state index in [9.17, 15) is 4.39 Å². The van der Waals surface area contributed by atoms with E-state index in [1.165, 1.54) is 6.07 Å². The molecule has 2 aliphatic heterocycles. The number of anilines is 2. The molecule has 2 N–H and O–H groups in total. The average Bonchev–Trinajstić information content (AvgIpc) is 3.25. The maximum Gasteiger partial charge on any atom is 0.191 e. The number of rotatable bonds is 5. The molecule has 2 aromatic heterocycles. The number of guanidine groups is 1. The van der Waals surface area contributed by atoms with Gasteiger partial charge in [-0.2, -0.15) is 0 Å². The van der Waals surface area contributed by atoms with Gasteiger partial charge in [-0.05, 0) is 43.2 Å². The van der Waals surface area contributed by atoms with Crippen LogP contribution in [0.4, 0.5) is 16.0 Å². The first kappa shape index (κ1) is 24.4. The van der Waals surface area contributed by atoms with Crippen molar-refractivity contribution < 1.29 is 9.13 Å². The third-order valence-corrected chi connectivity index (χ3v) is 5.63. The van der Waals surface area contributed by atoms with Crippen molar-refractivity contribution in [2.24, 2.45) is 4.99 Å². The van der Waals surface area contributed by atoms with Crippen molar-refractivity contribution in [2.75, 3.05) is 49.6 Å². The van der Waals surface area contributed by atoms with Crippen molar-refractivity contribution >= 4 is 41.6 Å². The molecule has 2 fully saturated rings. The predicted octanol–water partition coefficient (Wildman–Crippen LogP) is 2.40. The summed E-state index contributed by atoms with van der Waals surface area (Å²) in [6.45, 7) is 6.59. The van der Waals surface area contributed by atoms with Crippen molar-refractivity contribution in [3.05, 3.63) is 48.0 Å². The predicted molar refractivity (Wildman–Crippen MR) is 135 cm³/mol. The Balaban J connectivity index is 0.00000289. The van der Waals surface area contributed by atoms with Crippen molar-refractivity contribution in [3.63, 3.8) is 0 Å². The highest BCUT2D eigenvalue weighted by atomic mass is 127. The number of nitrogens with one attached hydrogen (secondary N) is 2. The van der Waals surface area contributed by atoms with E-state index in [2.05, 4.69) is 43.5 Å². The summed E-state index contributed by atoms with van der Waals surface area (Å²) in [4.78, 5) is 17.3. The number of halogens is 2. The van der Waals surface area contributed by atoms with E-state index >= 15 is 0 Å². The summed E-state index contributed by atoms with van der Waals surface area (Å²) >= 11 is 0. The van der Waals surface area contributed by atoms with E-state index < -0.39 is 0 Å². The highest BCUT2D eigenvalue weighted by Gasteiger charge is 2.26. The van der Waals surface area contributed by atoms with Crippen LogP contribution in [0, 0.1) is 5.82 Å². The van der Waals surface area contributed by atoms with E-state index in [4.69, 9.17) is 4.74 Å². The lowest BCUT2D eigenvalue weighted by Crippen LogP contribution is -2.44. The second kappa shape index (κ2) is 11.6. The zero-order valence-electron chi connectivity index (χ0n) is 18.5.